The van der Waals surface area contributed by atoms with E-state index in [0.717, 1.165) is 31.5 Å². The molecule has 0 atom stereocenters. The van der Waals surface area contributed by atoms with Crippen LogP contribution in [0.1, 0.15) is 18.4 Å². The zero-order chi connectivity index (χ0) is 13.0. The van der Waals surface area contributed by atoms with Crippen LogP contribution in [0.4, 0.5) is 4.39 Å². The van der Waals surface area contributed by atoms with E-state index in [1.54, 1.807) is 6.07 Å². The first kappa shape index (κ1) is 13.5. The molecule has 0 spiro atoms. The molecule has 2 rings (SSSR count). The van der Waals surface area contributed by atoms with Crippen LogP contribution in [0.25, 0.3) is 0 Å². The number of rotatable bonds is 4. The van der Waals surface area contributed by atoms with E-state index >= 15 is 0 Å². The van der Waals surface area contributed by atoms with Gasteiger partial charge in [-0.3, -0.25) is 0 Å². The molecule has 0 N–H and O–H groups in total. The Morgan fingerprint density at radius 1 is 1.28 bits per heavy atom. The lowest BCUT2D eigenvalue weighted by molar-refractivity contribution is -0.284. The van der Waals surface area contributed by atoms with E-state index < -0.39 is 0 Å². The summed E-state index contributed by atoms with van der Waals surface area (Å²) in [6, 6.07) is 6.98. The lowest BCUT2D eigenvalue weighted by Gasteiger charge is -2.40. The molecule has 1 saturated heterocycles. The first-order valence-corrected chi connectivity index (χ1v) is 6.27. The van der Waals surface area contributed by atoms with Crippen LogP contribution in [0.2, 0.25) is 0 Å². The number of benzene rings is 1. The van der Waals surface area contributed by atoms with Crippen LogP contribution in [-0.2, 0) is 15.2 Å². The smallest absolute Gasteiger partial charge is 0.127 e. The summed E-state index contributed by atoms with van der Waals surface area (Å²) in [6.07, 6.45) is 1.77. The average molecular weight is 253 g/mol. The van der Waals surface area contributed by atoms with Crippen LogP contribution >= 0.6 is 0 Å². The van der Waals surface area contributed by atoms with Crippen LogP contribution in [0.15, 0.2) is 24.3 Å². The van der Waals surface area contributed by atoms with Gasteiger partial charge in [0, 0.05) is 5.41 Å². The summed E-state index contributed by atoms with van der Waals surface area (Å²) >= 11 is 0. The minimum Gasteiger partial charge on any atom is -0.306 e. The van der Waals surface area contributed by atoms with Crippen LogP contribution in [0.5, 0.6) is 0 Å². The standard InChI is InChI=1S/C14H20FNO2/c1-16-9-7-14(8-10-16,11-18-17-2)12-5-3-4-6-13(12)15/h3-6H,7-11H2,1-2H3. The number of likely N-dealkylation sites (tertiary alicyclic amines) is 1. The summed E-state index contributed by atoms with van der Waals surface area (Å²) in [4.78, 5) is 12.1. The highest BCUT2D eigenvalue weighted by Gasteiger charge is 2.38. The van der Waals surface area contributed by atoms with Crippen molar-refractivity contribution in [3.8, 4) is 0 Å². The lowest BCUT2D eigenvalue weighted by Crippen LogP contribution is -2.44. The number of hydrogen-bond acceptors (Lipinski definition) is 3. The van der Waals surface area contributed by atoms with Crippen LogP contribution in [-0.4, -0.2) is 38.8 Å². The zero-order valence-corrected chi connectivity index (χ0v) is 11.0. The molecule has 0 amide bonds. The molecule has 1 fully saturated rings. The molecular weight excluding hydrogens is 233 g/mol. The zero-order valence-electron chi connectivity index (χ0n) is 11.0. The monoisotopic (exact) mass is 253 g/mol. The van der Waals surface area contributed by atoms with Crippen LogP contribution < -0.4 is 0 Å². The molecule has 0 saturated carbocycles. The van der Waals surface area contributed by atoms with Crippen molar-refractivity contribution < 1.29 is 14.2 Å². The van der Waals surface area contributed by atoms with Crippen LogP contribution in [0.3, 0.4) is 0 Å². The van der Waals surface area contributed by atoms with Crippen molar-refractivity contribution in [3.63, 3.8) is 0 Å². The molecule has 18 heavy (non-hydrogen) atoms. The summed E-state index contributed by atoms with van der Waals surface area (Å²) in [5.74, 6) is -0.151. The second-order valence-electron chi connectivity index (χ2n) is 4.99. The maximum absolute atomic E-state index is 14.0. The minimum atomic E-state index is -0.270. The topological polar surface area (TPSA) is 21.7 Å². The fourth-order valence-electron chi connectivity index (χ4n) is 2.60. The maximum Gasteiger partial charge on any atom is 0.127 e. The Labute approximate surface area is 107 Å². The molecule has 1 aliphatic rings. The first-order valence-electron chi connectivity index (χ1n) is 6.27. The number of hydrogen-bond donors (Lipinski definition) is 0. The third-order valence-corrected chi connectivity index (χ3v) is 3.84. The summed E-state index contributed by atoms with van der Waals surface area (Å²) < 4.78 is 14.0. The number of piperidine rings is 1. The van der Waals surface area contributed by atoms with E-state index in [-0.39, 0.29) is 11.2 Å². The fourth-order valence-corrected chi connectivity index (χ4v) is 2.60. The van der Waals surface area contributed by atoms with Gasteiger partial charge in [-0.05, 0) is 44.6 Å². The minimum absolute atomic E-state index is 0.151. The summed E-state index contributed by atoms with van der Waals surface area (Å²) in [7, 11) is 3.58. The van der Waals surface area contributed by atoms with Gasteiger partial charge in [-0.15, -0.1) is 0 Å². The summed E-state index contributed by atoms with van der Waals surface area (Å²) in [5, 5.41) is 0. The largest absolute Gasteiger partial charge is 0.306 e. The van der Waals surface area contributed by atoms with Crippen LogP contribution in [0, 0.1) is 5.82 Å². The molecule has 100 valence electrons. The number of halogens is 1. The van der Waals surface area contributed by atoms with E-state index in [2.05, 4.69) is 11.9 Å². The van der Waals surface area contributed by atoms with Gasteiger partial charge >= 0.3 is 0 Å². The predicted octanol–water partition coefficient (Wildman–Crippen LogP) is 2.37. The molecule has 4 heteroatoms. The fraction of sp³-hybridized carbons (Fsp3) is 0.571. The SMILES string of the molecule is COOCC1(c2ccccc2F)CCN(C)CC1. The van der Waals surface area contributed by atoms with Gasteiger partial charge in [-0.2, -0.15) is 0 Å². The Bertz CT molecular complexity index is 384. The van der Waals surface area contributed by atoms with Crippen molar-refractivity contribution in [2.45, 2.75) is 18.3 Å². The highest BCUT2D eigenvalue weighted by Crippen LogP contribution is 2.37. The average Bonchev–Trinajstić information content (AvgIpc) is 2.39. The molecular formula is C14H20FNO2. The van der Waals surface area contributed by atoms with Gasteiger partial charge in [0.2, 0.25) is 0 Å². The van der Waals surface area contributed by atoms with Gasteiger partial charge < -0.3 is 4.90 Å². The molecule has 0 bridgehead atoms. The third-order valence-electron chi connectivity index (χ3n) is 3.84. The summed E-state index contributed by atoms with van der Waals surface area (Å²) in [5.41, 5.74) is 0.476. The molecule has 3 nitrogen and oxygen atoms in total. The molecule has 0 aromatic heterocycles. The van der Waals surface area contributed by atoms with Crippen molar-refractivity contribution in [2.24, 2.45) is 0 Å². The molecule has 0 aliphatic carbocycles. The van der Waals surface area contributed by atoms with E-state index in [9.17, 15) is 4.39 Å². The van der Waals surface area contributed by atoms with Gasteiger partial charge in [0.25, 0.3) is 0 Å². The molecule has 1 aromatic rings. The van der Waals surface area contributed by atoms with E-state index in [0.29, 0.717) is 6.61 Å². The predicted molar refractivity (Wildman–Crippen MR) is 67.8 cm³/mol. The van der Waals surface area contributed by atoms with Crippen molar-refractivity contribution >= 4 is 0 Å². The Kier molecular flexibility index (Phi) is 4.32. The molecule has 0 radical (unpaired) electrons. The quantitative estimate of drug-likeness (QED) is 0.607. The van der Waals surface area contributed by atoms with Gasteiger partial charge in [0.15, 0.2) is 0 Å². The first-order chi connectivity index (χ1) is 8.68. The molecule has 1 heterocycles. The highest BCUT2D eigenvalue weighted by molar-refractivity contribution is 5.28. The molecule has 1 aromatic carbocycles. The summed E-state index contributed by atoms with van der Waals surface area (Å²) in [6.45, 7) is 2.29. The highest BCUT2D eigenvalue weighted by atomic mass is 19.1. The van der Waals surface area contributed by atoms with Gasteiger partial charge in [-0.25, -0.2) is 14.2 Å². The van der Waals surface area contributed by atoms with Gasteiger partial charge in [0.05, 0.1) is 13.7 Å². The third kappa shape index (κ3) is 2.71. The normalized spacial score (nSPS) is 19.9. The van der Waals surface area contributed by atoms with E-state index in [1.807, 2.05) is 12.1 Å². The van der Waals surface area contributed by atoms with E-state index in [4.69, 9.17) is 9.78 Å². The molecule has 0 unspecified atom stereocenters. The molecule has 1 aliphatic heterocycles. The second kappa shape index (κ2) is 5.78. The Balaban J connectivity index is 2.27. The van der Waals surface area contributed by atoms with Crippen molar-refractivity contribution in [1.82, 2.24) is 4.90 Å². The lowest BCUT2D eigenvalue weighted by atomic mass is 9.73. The van der Waals surface area contributed by atoms with Crippen molar-refractivity contribution in [2.75, 3.05) is 33.9 Å². The van der Waals surface area contributed by atoms with E-state index in [1.165, 1.54) is 13.2 Å². The number of nitrogens with zero attached hydrogens (tertiary/aromatic N) is 1. The Morgan fingerprint density at radius 2 is 1.94 bits per heavy atom. The van der Waals surface area contributed by atoms with Crippen molar-refractivity contribution in [3.05, 3.63) is 35.6 Å². The van der Waals surface area contributed by atoms with Gasteiger partial charge in [-0.1, -0.05) is 18.2 Å². The second-order valence-corrected chi connectivity index (χ2v) is 4.99. The Morgan fingerprint density at radius 3 is 2.56 bits per heavy atom. The van der Waals surface area contributed by atoms with Crippen molar-refractivity contribution in [1.29, 1.82) is 0 Å². The Hall–Kier alpha value is -0.970. The maximum atomic E-state index is 14.0. The van der Waals surface area contributed by atoms with Gasteiger partial charge in [0.1, 0.15) is 5.82 Å².